The summed E-state index contributed by atoms with van der Waals surface area (Å²) < 4.78 is 6.75. The lowest BCUT2D eigenvalue weighted by Crippen LogP contribution is -2.06. The van der Waals surface area contributed by atoms with Crippen LogP contribution < -0.4 is 5.32 Å². The van der Waals surface area contributed by atoms with Crippen LogP contribution >= 0.6 is 31.9 Å². The Hall–Kier alpha value is -1.34. The van der Waals surface area contributed by atoms with Gasteiger partial charge in [0.05, 0.1) is 11.0 Å². The lowest BCUT2D eigenvalue weighted by Gasteiger charge is -2.14. The van der Waals surface area contributed by atoms with Crippen molar-refractivity contribution in [1.82, 2.24) is 0 Å². The summed E-state index contributed by atoms with van der Waals surface area (Å²) in [6, 6.07) is 8.21. The van der Waals surface area contributed by atoms with Gasteiger partial charge in [0.2, 0.25) is 0 Å². The van der Waals surface area contributed by atoms with Gasteiger partial charge in [0.25, 0.3) is 5.69 Å². The molecule has 7 heteroatoms. The third-order valence-electron chi connectivity index (χ3n) is 2.56. The van der Waals surface area contributed by atoms with Crippen LogP contribution in [0.15, 0.2) is 43.9 Å². The molecule has 100 valence electrons. The number of halogens is 2. The smallest absolute Gasteiger partial charge is 0.270 e. The van der Waals surface area contributed by atoms with Gasteiger partial charge < -0.3 is 9.73 Å². The molecule has 1 N–H and O–H groups in total. The fraction of sp³-hybridized carbons (Fsp3) is 0.167. The molecular weight excluding hydrogens is 380 g/mol. The van der Waals surface area contributed by atoms with Crippen molar-refractivity contribution in [2.75, 3.05) is 5.32 Å². The number of non-ortho nitro benzene ring substituents is 1. The molecule has 0 fully saturated rings. The van der Waals surface area contributed by atoms with Gasteiger partial charge in [-0.05, 0) is 57.0 Å². The van der Waals surface area contributed by atoms with E-state index in [-0.39, 0.29) is 11.7 Å². The number of nitrogens with zero attached hydrogens (tertiary/aromatic N) is 1. The molecule has 0 aliphatic heterocycles. The molecule has 0 saturated carbocycles. The van der Waals surface area contributed by atoms with Crippen molar-refractivity contribution in [1.29, 1.82) is 0 Å². The van der Waals surface area contributed by atoms with Crippen LogP contribution in [0.25, 0.3) is 0 Å². The number of hydrogen-bond acceptors (Lipinski definition) is 4. The van der Waals surface area contributed by atoms with E-state index in [0.717, 1.165) is 11.4 Å². The van der Waals surface area contributed by atoms with Crippen LogP contribution in [0.2, 0.25) is 0 Å². The second-order valence-electron chi connectivity index (χ2n) is 3.93. The van der Waals surface area contributed by atoms with Crippen molar-refractivity contribution >= 4 is 43.2 Å². The normalized spacial score (nSPS) is 12.2. The Morgan fingerprint density at radius 2 is 2.05 bits per heavy atom. The van der Waals surface area contributed by atoms with E-state index in [1.54, 1.807) is 6.07 Å². The Balaban J connectivity index is 2.17. The van der Waals surface area contributed by atoms with Gasteiger partial charge in [-0.3, -0.25) is 10.1 Å². The zero-order valence-corrected chi connectivity index (χ0v) is 13.1. The lowest BCUT2D eigenvalue weighted by molar-refractivity contribution is -0.384. The molecular formula is C12H10Br2N2O3. The minimum Gasteiger partial charge on any atom is -0.452 e. The molecule has 0 saturated heterocycles. The largest absolute Gasteiger partial charge is 0.452 e. The lowest BCUT2D eigenvalue weighted by atomic mass is 10.2. The van der Waals surface area contributed by atoms with Crippen molar-refractivity contribution in [2.45, 2.75) is 13.0 Å². The molecule has 19 heavy (non-hydrogen) atoms. The first kappa shape index (κ1) is 14.1. The zero-order valence-electron chi connectivity index (χ0n) is 9.89. The second kappa shape index (κ2) is 5.75. The first-order valence-electron chi connectivity index (χ1n) is 5.43. The summed E-state index contributed by atoms with van der Waals surface area (Å²) in [4.78, 5) is 10.2. The van der Waals surface area contributed by atoms with Crippen molar-refractivity contribution in [3.63, 3.8) is 0 Å². The van der Waals surface area contributed by atoms with Crippen molar-refractivity contribution in [2.24, 2.45) is 0 Å². The first-order valence-corrected chi connectivity index (χ1v) is 7.01. The van der Waals surface area contributed by atoms with Gasteiger partial charge in [0.1, 0.15) is 5.76 Å². The molecule has 0 radical (unpaired) electrons. The Bertz CT molecular complexity index is 613. The molecule has 5 nitrogen and oxygen atoms in total. The van der Waals surface area contributed by atoms with Crippen LogP contribution in [0.3, 0.4) is 0 Å². The van der Waals surface area contributed by atoms with Crippen LogP contribution in [0.5, 0.6) is 0 Å². The predicted molar refractivity (Wildman–Crippen MR) is 79.2 cm³/mol. The quantitative estimate of drug-likeness (QED) is 0.597. The van der Waals surface area contributed by atoms with Gasteiger partial charge >= 0.3 is 0 Å². The first-order chi connectivity index (χ1) is 8.97. The van der Waals surface area contributed by atoms with Gasteiger partial charge in [0, 0.05) is 22.3 Å². The summed E-state index contributed by atoms with van der Waals surface area (Å²) in [6.07, 6.45) is 0. The van der Waals surface area contributed by atoms with E-state index in [2.05, 4.69) is 37.2 Å². The van der Waals surface area contributed by atoms with Crippen LogP contribution in [-0.2, 0) is 0 Å². The van der Waals surface area contributed by atoms with Gasteiger partial charge in [-0.25, -0.2) is 0 Å². The number of nitrogens with one attached hydrogen (secondary N) is 1. The Kier molecular flexibility index (Phi) is 4.26. The standard InChI is InChI=1S/C12H10Br2N2O3/c1-7(11-4-5-12(14)19-11)15-10-3-2-8(16(17)18)6-9(10)13/h2-7,15H,1H3. The van der Waals surface area contributed by atoms with Gasteiger partial charge in [0.15, 0.2) is 4.67 Å². The zero-order chi connectivity index (χ0) is 14.0. The summed E-state index contributed by atoms with van der Waals surface area (Å²) in [5.41, 5.74) is 0.816. The van der Waals surface area contributed by atoms with Crippen molar-refractivity contribution in [3.8, 4) is 0 Å². The number of benzene rings is 1. The maximum absolute atomic E-state index is 10.7. The number of anilines is 1. The molecule has 1 atom stereocenters. The molecule has 0 aliphatic carbocycles. The third kappa shape index (κ3) is 3.36. The monoisotopic (exact) mass is 388 g/mol. The molecule has 0 spiro atoms. The summed E-state index contributed by atoms with van der Waals surface area (Å²) in [5.74, 6) is 0.775. The van der Waals surface area contributed by atoms with Crippen LogP contribution in [0.1, 0.15) is 18.7 Å². The van der Waals surface area contributed by atoms with Crippen LogP contribution in [0.4, 0.5) is 11.4 Å². The number of hydrogen-bond donors (Lipinski definition) is 1. The molecule has 2 rings (SSSR count). The summed E-state index contributed by atoms with van der Waals surface area (Å²) in [5, 5.41) is 13.9. The summed E-state index contributed by atoms with van der Waals surface area (Å²) >= 11 is 6.56. The fourth-order valence-electron chi connectivity index (χ4n) is 1.60. The molecule has 1 aromatic carbocycles. The van der Waals surface area contributed by atoms with Gasteiger partial charge in [-0.2, -0.15) is 0 Å². The summed E-state index contributed by atoms with van der Waals surface area (Å²) in [7, 11) is 0. The van der Waals surface area contributed by atoms with Crippen LogP contribution in [0, 0.1) is 10.1 Å². The maximum atomic E-state index is 10.7. The van der Waals surface area contributed by atoms with E-state index >= 15 is 0 Å². The van der Waals surface area contributed by atoms with E-state index in [4.69, 9.17) is 4.42 Å². The molecule has 0 bridgehead atoms. The fourth-order valence-corrected chi connectivity index (χ4v) is 2.40. The van der Waals surface area contributed by atoms with E-state index in [1.807, 2.05) is 19.1 Å². The molecule has 1 aromatic heterocycles. The molecule has 1 unspecified atom stereocenters. The number of nitro benzene ring substituents is 1. The van der Waals surface area contributed by atoms with Gasteiger partial charge in [-0.15, -0.1) is 0 Å². The SMILES string of the molecule is CC(Nc1ccc([N+](=O)[O-])cc1Br)c1ccc(Br)o1. The van der Waals surface area contributed by atoms with E-state index in [0.29, 0.717) is 9.14 Å². The Labute approximate surface area is 126 Å². The highest BCUT2D eigenvalue weighted by Crippen LogP contribution is 2.30. The van der Waals surface area contributed by atoms with Crippen molar-refractivity contribution < 1.29 is 9.34 Å². The van der Waals surface area contributed by atoms with Gasteiger partial charge in [-0.1, -0.05) is 0 Å². The Morgan fingerprint density at radius 3 is 2.58 bits per heavy atom. The molecule has 2 aromatic rings. The minimum absolute atomic E-state index is 0.0471. The highest BCUT2D eigenvalue weighted by Gasteiger charge is 2.13. The summed E-state index contributed by atoms with van der Waals surface area (Å²) in [6.45, 7) is 1.94. The van der Waals surface area contributed by atoms with Crippen molar-refractivity contribution in [3.05, 3.63) is 55.3 Å². The molecule has 1 heterocycles. The highest BCUT2D eigenvalue weighted by molar-refractivity contribution is 9.10. The topological polar surface area (TPSA) is 68.3 Å². The molecule has 0 amide bonds. The predicted octanol–water partition coefficient (Wildman–Crippen LogP) is 4.89. The number of furan rings is 1. The average molecular weight is 390 g/mol. The minimum atomic E-state index is -0.429. The van der Waals surface area contributed by atoms with E-state index in [1.165, 1.54) is 12.1 Å². The van der Waals surface area contributed by atoms with E-state index in [9.17, 15) is 10.1 Å². The number of nitro groups is 1. The Morgan fingerprint density at radius 1 is 1.32 bits per heavy atom. The van der Waals surface area contributed by atoms with E-state index < -0.39 is 4.92 Å². The van der Waals surface area contributed by atoms with Crippen LogP contribution in [-0.4, -0.2) is 4.92 Å². The maximum Gasteiger partial charge on any atom is 0.270 e. The third-order valence-corrected chi connectivity index (χ3v) is 3.64. The highest BCUT2D eigenvalue weighted by atomic mass is 79.9. The second-order valence-corrected chi connectivity index (χ2v) is 5.57. The average Bonchev–Trinajstić information content (AvgIpc) is 2.78. The number of rotatable bonds is 4. The molecule has 0 aliphatic rings.